The maximum absolute atomic E-state index is 12.8. The minimum absolute atomic E-state index is 0.289. The van der Waals surface area contributed by atoms with Crippen molar-refractivity contribution in [3.05, 3.63) is 91.0 Å². The van der Waals surface area contributed by atoms with Crippen molar-refractivity contribution in [3.8, 4) is 11.5 Å². The maximum atomic E-state index is 12.8. The number of benzene rings is 3. The van der Waals surface area contributed by atoms with Crippen LogP contribution in [0.5, 0.6) is 0 Å². The average Bonchev–Trinajstić information content (AvgIpc) is 3.19. The minimum atomic E-state index is -0.826. The van der Waals surface area contributed by atoms with Gasteiger partial charge in [-0.15, -0.1) is 0 Å². The Balaban J connectivity index is 1.70. The lowest BCUT2D eigenvalue weighted by Gasteiger charge is -2.10. The number of non-ortho nitro benzene ring substituents is 1. The highest BCUT2D eigenvalue weighted by Crippen LogP contribution is 2.31. The van der Waals surface area contributed by atoms with E-state index in [0.717, 1.165) is 34.8 Å². The number of nitro benzene ring substituents is 2. The summed E-state index contributed by atoms with van der Waals surface area (Å²) in [7, 11) is 0. The number of oxazole rings is 1. The number of nitrogens with zero attached hydrogens (tertiary/aromatic N) is 3. The second kappa shape index (κ2) is 8.15. The molecule has 166 valence electrons. The number of carbonyl (C=O) groups excluding carboxylic acids is 1. The van der Waals surface area contributed by atoms with Gasteiger partial charge in [0.15, 0.2) is 5.58 Å². The normalized spacial score (nSPS) is 10.9. The van der Waals surface area contributed by atoms with Crippen LogP contribution in [-0.2, 0) is 0 Å². The SMILES string of the molecule is Cc1cc(C)c2oc(-c3ccc(C)c(NC(=O)c4ccc([N+](=O)[O-])cc4[N+](=O)[O-])c3)nc2c1. The molecule has 0 saturated carbocycles. The number of hydrogen-bond acceptors (Lipinski definition) is 7. The first-order valence-electron chi connectivity index (χ1n) is 9.87. The van der Waals surface area contributed by atoms with Crippen LogP contribution in [0.2, 0.25) is 0 Å². The second-order valence-corrected chi connectivity index (χ2v) is 7.65. The van der Waals surface area contributed by atoms with Crippen LogP contribution in [0.15, 0.2) is 52.9 Å². The van der Waals surface area contributed by atoms with E-state index in [1.165, 1.54) is 0 Å². The molecule has 0 unspecified atom stereocenters. The Morgan fingerprint density at radius 3 is 2.39 bits per heavy atom. The van der Waals surface area contributed by atoms with Crippen LogP contribution in [0.25, 0.3) is 22.6 Å². The number of rotatable bonds is 5. The van der Waals surface area contributed by atoms with Gasteiger partial charge in [-0.05, 0) is 61.7 Å². The van der Waals surface area contributed by atoms with Gasteiger partial charge in [-0.25, -0.2) is 4.98 Å². The topological polar surface area (TPSA) is 141 Å². The van der Waals surface area contributed by atoms with Crippen molar-refractivity contribution in [3.63, 3.8) is 0 Å². The Morgan fingerprint density at radius 1 is 0.939 bits per heavy atom. The van der Waals surface area contributed by atoms with Gasteiger partial charge in [0.05, 0.1) is 15.9 Å². The van der Waals surface area contributed by atoms with E-state index in [1.807, 2.05) is 26.0 Å². The summed E-state index contributed by atoms with van der Waals surface area (Å²) >= 11 is 0. The number of amides is 1. The zero-order chi connectivity index (χ0) is 23.9. The summed E-state index contributed by atoms with van der Waals surface area (Å²) in [5.74, 6) is -0.392. The van der Waals surface area contributed by atoms with Crippen LogP contribution >= 0.6 is 0 Å². The third-order valence-corrected chi connectivity index (χ3v) is 5.19. The van der Waals surface area contributed by atoms with Crippen LogP contribution in [0.1, 0.15) is 27.0 Å². The molecule has 33 heavy (non-hydrogen) atoms. The molecule has 1 heterocycles. The molecule has 0 aliphatic heterocycles. The first-order chi connectivity index (χ1) is 15.6. The van der Waals surface area contributed by atoms with Gasteiger partial charge >= 0.3 is 0 Å². The smallest absolute Gasteiger partial charge is 0.289 e. The summed E-state index contributed by atoms with van der Waals surface area (Å²) in [5.41, 5.74) is 3.71. The van der Waals surface area contributed by atoms with Crippen molar-refractivity contribution >= 4 is 34.1 Å². The van der Waals surface area contributed by atoms with E-state index in [9.17, 15) is 25.0 Å². The number of fused-ring (bicyclic) bond motifs is 1. The first kappa shape index (κ1) is 21.6. The van der Waals surface area contributed by atoms with Gasteiger partial charge in [0.1, 0.15) is 11.1 Å². The van der Waals surface area contributed by atoms with Crippen LogP contribution in [0.3, 0.4) is 0 Å². The average molecular weight is 446 g/mol. The predicted octanol–water partition coefficient (Wildman–Crippen LogP) is 5.49. The molecule has 0 radical (unpaired) electrons. The van der Waals surface area contributed by atoms with Crippen LogP contribution in [0.4, 0.5) is 17.1 Å². The van der Waals surface area contributed by atoms with E-state index < -0.39 is 27.1 Å². The number of anilines is 1. The molecule has 10 nitrogen and oxygen atoms in total. The zero-order valence-electron chi connectivity index (χ0n) is 17.9. The van der Waals surface area contributed by atoms with Crippen molar-refractivity contribution < 1.29 is 19.1 Å². The molecule has 4 aromatic rings. The molecule has 0 aliphatic carbocycles. The summed E-state index contributed by atoms with van der Waals surface area (Å²) in [5, 5.41) is 25.0. The van der Waals surface area contributed by atoms with Gasteiger partial charge in [0, 0.05) is 17.3 Å². The predicted molar refractivity (Wildman–Crippen MR) is 121 cm³/mol. The van der Waals surface area contributed by atoms with E-state index in [-0.39, 0.29) is 5.56 Å². The molecular formula is C23H18N4O6. The monoisotopic (exact) mass is 446 g/mol. The molecule has 3 aromatic carbocycles. The first-order valence-corrected chi connectivity index (χ1v) is 9.87. The number of aryl methyl sites for hydroxylation is 3. The Morgan fingerprint density at radius 2 is 1.70 bits per heavy atom. The highest BCUT2D eigenvalue weighted by atomic mass is 16.6. The Hall–Kier alpha value is -4.60. The standard InChI is InChI=1S/C23H18N4O6/c1-12-8-14(3)21-19(9-12)25-23(33-21)15-5-4-13(2)18(10-15)24-22(28)17-7-6-16(26(29)30)11-20(17)27(31)32/h4-11H,1-3H3,(H,24,28). The summed E-state index contributed by atoms with van der Waals surface area (Å²) in [6, 6.07) is 12.0. The molecule has 0 aliphatic rings. The lowest BCUT2D eigenvalue weighted by Crippen LogP contribution is -2.15. The number of hydrogen-bond donors (Lipinski definition) is 1. The molecule has 1 aromatic heterocycles. The summed E-state index contributed by atoms with van der Waals surface area (Å²) in [6.07, 6.45) is 0. The van der Waals surface area contributed by atoms with Gasteiger partial charge in [-0.3, -0.25) is 25.0 Å². The Labute approximate surface area is 187 Å². The third kappa shape index (κ3) is 4.13. The van der Waals surface area contributed by atoms with Crippen molar-refractivity contribution in [2.45, 2.75) is 20.8 Å². The third-order valence-electron chi connectivity index (χ3n) is 5.19. The molecule has 0 bridgehead atoms. The molecule has 1 N–H and O–H groups in total. The van der Waals surface area contributed by atoms with Crippen molar-refractivity contribution in [2.75, 3.05) is 5.32 Å². The molecule has 0 spiro atoms. The van der Waals surface area contributed by atoms with Crippen LogP contribution < -0.4 is 5.32 Å². The number of aromatic nitrogens is 1. The van der Waals surface area contributed by atoms with Gasteiger partial charge in [-0.2, -0.15) is 0 Å². The fraction of sp³-hybridized carbons (Fsp3) is 0.130. The molecule has 0 atom stereocenters. The molecule has 0 saturated heterocycles. The van der Waals surface area contributed by atoms with E-state index in [4.69, 9.17) is 4.42 Å². The minimum Gasteiger partial charge on any atom is -0.436 e. The quantitative estimate of drug-likeness (QED) is 0.315. The zero-order valence-corrected chi connectivity index (χ0v) is 17.9. The van der Waals surface area contributed by atoms with E-state index in [2.05, 4.69) is 10.3 Å². The summed E-state index contributed by atoms with van der Waals surface area (Å²) in [4.78, 5) is 38.1. The fourth-order valence-corrected chi connectivity index (χ4v) is 3.56. The number of nitrogens with one attached hydrogen (secondary N) is 1. The van der Waals surface area contributed by atoms with E-state index >= 15 is 0 Å². The second-order valence-electron chi connectivity index (χ2n) is 7.65. The van der Waals surface area contributed by atoms with E-state index in [0.29, 0.717) is 28.3 Å². The van der Waals surface area contributed by atoms with Crippen molar-refractivity contribution in [1.82, 2.24) is 4.98 Å². The van der Waals surface area contributed by atoms with Crippen molar-refractivity contribution in [2.24, 2.45) is 0 Å². The van der Waals surface area contributed by atoms with Crippen LogP contribution in [-0.4, -0.2) is 20.7 Å². The van der Waals surface area contributed by atoms with Gasteiger partial charge in [0.25, 0.3) is 17.3 Å². The maximum Gasteiger partial charge on any atom is 0.289 e. The largest absolute Gasteiger partial charge is 0.436 e. The molecule has 10 heteroatoms. The Bertz CT molecular complexity index is 1460. The Kier molecular flexibility index (Phi) is 5.34. The van der Waals surface area contributed by atoms with Gasteiger partial charge < -0.3 is 9.73 Å². The molecule has 0 fully saturated rings. The summed E-state index contributed by atoms with van der Waals surface area (Å²) < 4.78 is 5.93. The fourth-order valence-electron chi connectivity index (χ4n) is 3.56. The highest BCUT2D eigenvalue weighted by molar-refractivity contribution is 6.07. The number of carbonyl (C=O) groups is 1. The molecule has 4 rings (SSSR count). The van der Waals surface area contributed by atoms with Gasteiger partial charge in [0.2, 0.25) is 5.89 Å². The highest BCUT2D eigenvalue weighted by Gasteiger charge is 2.24. The summed E-state index contributed by atoms with van der Waals surface area (Å²) in [6.45, 7) is 5.67. The lowest BCUT2D eigenvalue weighted by molar-refractivity contribution is -0.394. The number of nitro groups is 2. The van der Waals surface area contributed by atoms with E-state index in [1.54, 1.807) is 25.1 Å². The lowest BCUT2D eigenvalue weighted by atomic mass is 10.1. The molecule has 1 amide bonds. The van der Waals surface area contributed by atoms with Crippen LogP contribution in [0, 0.1) is 41.0 Å². The molecular weight excluding hydrogens is 428 g/mol. The van der Waals surface area contributed by atoms with Gasteiger partial charge in [-0.1, -0.05) is 12.1 Å². The van der Waals surface area contributed by atoms with Crippen molar-refractivity contribution in [1.29, 1.82) is 0 Å².